The molecule has 1 saturated carbocycles. The van der Waals surface area contributed by atoms with Crippen molar-refractivity contribution in [1.82, 2.24) is 4.98 Å². The number of nitrogens with one attached hydrogen (secondary N) is 1. The molecular formula is C22H21N3O. The van der Waals surface area contributed by atoms with Crippen molar-refractivity contribution in [2.45, 2.75) is 25.4 Å². The van der Waals surface area contributed by atoms with Crippen molar-refractivity contribution in [2.24, 2.45) is 0 Å². The van der Waals surface area contributed by atoms with Crippen LogP contribution >= 0.6 is 0 Å². The second-order valence-electron chi connectivity index (χ2n) is 6.59. The maximum atomic E-state index is 13.3. The highest BCUT2D eigenvalue weighted by Crippen LogP contribution is 2.25. The summed E-state index contributed by atoms with van der Waals surface area (Å²) in [5, 5.41) is 3.41. The molecule has 1 N–H and O–H groups in total. The zero-order chi connectivity index (χ0) is 17.8. The number of nitrogens with zero attached hydrogens (tertiary/aromatic N) is 2. The van der Waals surface area contributed by atoms with Crippen molar-refractivity contribution < 1.29 is 4.79 Å². The Morgan fingerprint density at radius 1 is 1.00 bits per heavy atom. The van der Waals surface area contributed by atoms with Crippen LogP contribution in [0.2, 0.25) is 0 Å². The van der Waals surface area contributed by atoms with Gasteiger partial charge in [0, 0.05) is 24.1 Å². The molecule has 3 aromatic rings. The highest BCUT2D eigenvalue weighted by molar-refractivity contribution is 6.06. The van der Waals surface area contributed by atoms with Gasteiger partial charge in [-0.05, 0) is 36.6 Å². The van der Waals surface area contributed by atoms with E-state index in [4.69, 9.17) is 0 Å². The van der Waals surface area contributed by atoms with Gasteiger partial charge in [-0.15, -0.1) is 0 Å². The van der Waals surface area contributed by atoms with Crippen LogP contribution in [-0.2, 0) is 6.54 Å². The lowest BCUT2D eigenvalue weighted by atomic mass is 10.1. The first-order valence-electron chi connectivity index (χ1n) is 8.92. The number of para-hydroxylation sites is 1. The van der Waals surface area contributed by atoms with Gasteiger partial charge in [-0.25, -0.2) is 0 Å². The van der Waals surface area contributed by atoms with E-state index in [9.17, 15) is 4.79 Å². The second-order valence-corrected chi connectivity index (χ2v) is 6.59. The van der Waals surface area contributed by atoms with E-state index in [0.717, 1.165) is 16.9 Å². The number of carbonyl (C=O) groups excluding carboxylic acids is 1. The Kier molecular flexibility index (Phi) is 4.65. The lowest BCUT2D eigenvalue weighted by Gasteiger charge is -2.23. The summed E-state index contributed by atoms with van der Waals surface area (Å²) in [5.41, 5.74) is 3.47. The Labute approximate surface area is 153 Å². The van der Waals surface area contributed by atoms with Crippen LogP contribution in [0.1, 0.15) is 28.8 Å². The Bertz CT molecular complexity index is 876. The molecule has 1 amide bonds. The van der Waals surface area contributed by atoms with Crippen molar-refractivity contribution in [1.29, 1.82) is 0 Å². The summed E-state index contributed by atoms with van der Waals surface area (Å²) in [6.45, 7) is 0.518. The lowest BCUT2D eigenvalue weighted by Crippen LogP contribution is -2.30. The minimum absolute atomic E-state index is 0.0491. The number of aromatic nitrogens is 1. The molecule has 0 radical (unpaired) electrons. The van der Waals surface area contributed by atoms with E-state index >= 15 is 0 Å². The molecule has 0 saturated heterocycles. The molecule has 4 heteroatoms. The molecule has 0 bridgehead atoms. The van der Waals surface area contributed by atoms with Crippen molar-refractivity contribution >= 4 is 17.3 Å². The summed E-state index contributed by atoms with van der Waals surface area (Å²) in [4.78, 5) is 19.3. The van der Waals surface area contributed by atoms with Gasteiger partial charge in [-0.3, -0.25) is 9.78 Å². The maximum absolute atomic E-state index is 13.3. The van der Waals surface area contributed by atoms with Crippen LogP contribution in [0.3, 0.4) is 0 Å². The highest BCUT2D eigenvalue weighted by Gasteiger charge is 2.22. The third-order valence-electron chi connectivity index (χ3n) is 4.43. The van der Waals surface area contributed by atoms with E-state index in [0.29, 0.717) is 18.2 Å². The summed E-state index contributed by atoms with van der Waals surface area (Å²) in [6.07, 6.45) is 5.78. The number of amides is 1. The molecule has 0 spiro atoms. The van der Waals surface area contributed by atoms with Crippen molar-refractivity contribution in [3.05, 3.63) is 90.3 Å². The zero-order valence-electron chi connectivity index (χ0n) is 14.5. The summed E-state index contributed by atoms with van der Waals surface area (Å²) in [6, 6.07) is 22.2. The van der Waals surface area contributed by atoms with E-state index in [1.807, 2.05) is 66.7 Å². The zero-order valence-corrected chi connectivity index (χ0v) is 14.5. The fourth-order valence-electron chi connectivity index (χ4n) is 2.91. The third-order valence-corrected chi connectivity index (χ3v) is 4.43. The third kappa shape index (κ3) is 3.91. The monoisotopic (exact) mass is 343 g/mol. The predicted octanol–water partition coefficient (Wildman–Crippen LogP) is 4.50. The smallest absolute Gasteiger partial charge is 0.260 e. The van der Waals surface area contributed by atoms with Crippen molar-refractivity contribution in [3.8, 4) is 0 Å². The van der Waals surface area contributed by atoms with Crippen LogP contribution in [0.15, 0.2) is 79.1 Å². The van der Waals surface area contributed by atoms with E-state index in [2.05, 4.69) is 10.3 Å². The number of carbonyl (C=O) groups is 1. The number of rotatable bonds is 6. The molecule has 1 aromatic heterocycles. The van der Waals surface area contributed by atoms with Gasteiger partial charge in [0.1, 0.15) is 0 Å². The molecule has 130 valence electrons. The van der Waals surface area contributed by atoms with E-state index in [1.165, 1.54) is 12.8 Å². The van der Waals surface area contributed by atoms with Crippen LogP contribution in [0.25, 0.3) is 0 Å². The summed E-state index contributed by atoms with van der Waals surface area (Å²) in [5.74, 6) is -0.0491. The first kappa shape index (κ1) is 16.3. The molecule has 0 atom stereocenters. The number of hydrogen-bond donors (Lipinski definition) is 1. The second kappa shape index (κ2) is 7.40. The molecule has 2 aromatic carbocycles. The fourth-order valence-corrected chi connectivity index (χ4v) is 2.91. The number of benzene rings is 2. The van der Waals surface area contributed by atoms with Crippen LogP contribution in [0.5, 0.6) is 0 Å². The van der Waals surface area contributed by atoms with E-state index in [1.54, 1.807) is 17.3 Å². The van der Waals surface area contributed by atoms with Crippen molar-refractivity contribution in [2.75, 3.05) is 10.2 Å². The van der Waals surface area contributed by atoms with Crippen molar-refractivity contribution in [3.63, 3.8) is 0 Å². The first-order chi connectivity index (χ1) is 12.8. The molecule has 0 aliphatic heterocycles. The van der Waals surface area contributed by atoms with Gasteiger partial charge in [-0.1, -0.05) is 48.5 Å². The Hall–Kier alpha value is -3.14. The Morgan fingerprint density at radius 2 is 1.69 bits per heavy atom. The minimum Gasteiger partial charge on any atom is -0.381 e. The van der Waals surface area contributed by atoms with Gasteiger partial charge in [0.25, 0.3) is 5.91 Å². The predicted molar refractivity (Wildman–Crippen MR) is 104 cm³/mol. The van der Waals surface area contributed by atoms with Gasteiger partial charge in [0.15, 0.2) is 0 Å². The van der Waals surface area contributed by atoms with Gasteiger partial charge in [0.2, 0.25) is 0 Å². The SMILES string of the molecule is O=C(c1cncc(NC2CC2)c1)N(Cc1ccccc1)c1ccccc1. The number of pyridine rings is 1. The molecule has 4 rings (SSSR count). The van der Waals surface area contributed by atoms with Gasteiger partial charge < -0.3 is 10.2 Å². The van der Waals surface area contributed by atoms with E-state index in [-0.39, 0.29) is 5.91 Å². The molecule has 1 fully saturated rings. The minimum atomic E-state index is -0.0491. The average Bonchev–Trinajstić information content (AvgIpc) is 3.51. The standard InChI is InChI=1S/C22H21N3O/c26-22(18-13-20(15-23-14-18)24-19-11-12-19)25(21-9-5-2-6-10-21)16-17-7-3-1-4-8-17/h1-10,13-15,19,24H,11-12,16H2. The molecule has 1 aliphatic carbocycles. The molecule has 4 nitrogen and oxygen atoms in total. The van der Waals surface area contributed by atoms with Gasteiger partial charge in [-0.2, -0.15) is 0 Å². The Balaban J connectivity index is 1.63. The fraction of sp³-hybridized carbons (Fsp3) is 0.182. The highest BCUT2D eigenvalue weighted by atomic mass is 16.2. The van der Waals surface area contributed by atoms with Crippen LogP contribution in [0.4, 0.5) is 11.4 Å². The topological polar surface area (TPSA) is 45.2 Å². The van der Waals surface area contributed by atoms with Crippen LogP contribution in [0, 0.1) is 0 Å². The quantitative estimate of drug-likeness (QED) is 0.716. The van der Waals surface area contributed by atoms with Gasteiger partial charge in [0.05, 0.1) is 17.8 Å². The average molecular weight is 343 g/mol. The molecular weight excluding hydrogens is 322 g/mol. The number of hydrogen-bond acceptors (Lipinski definition) is 3. The molecule has 1 heterocycles. The van der Waals surface area contributed by atoms with Gasteiger partial charge >= 0.3 is 0 Å². The van der Waals surface area contributed by atoms with Crippen LogP contribution < -0.4 is 10.2 Å². The lowest BCUT2D eigenvalue weighted by molar-refractivity contribution is 0.0985. The first-order valence-corrected chi connectivity index (χ1v) is 8.92. The summed E-state index contributed by atoms with van der Waals surface area (Å²) < 4.78 is 0. The number of anilines is 2. The summed E-state index contributed by atoms with van der Waals surface area (Å²) >= 11 is 0. The molecule has 26 heavy (non-hydrogen) atoms. The van der Waals surface area contributed by atoms with Crippen LogP contribution in [-0.4, -0.2) is 16.9 Å². The molecule has 0 unspecified atom stereocenters. The summed E-state index contributed by atoms with van der Waals surface area (Å²) in [7, 11) is 0. The molecule has 1 aliphatic rings. The largest absolute Gasteiger partial charge is 0.381 e. The van der Waals surface area contributed by atoms with E-state index < -0.39 is 0 Å². The maximum Gasteiger partial charge on any atom is 0.260 e. The normalized spacial score (nSPS) is 13.2. The Morgan fingerprint density at radius 3 is 2.38 bits per heavy atom.